The van der Waals surface area contributed by atoms with Gasteiger partial charge in [-0.05, 0) is 19.7 Å². The molecule has 2 aromatic carbocycles. The van der Waals surface area contributed by atoms with Gasteiger partial charge in [-0.25, -0.2) is 0 Å². The van der Waals surface area contributed by atoms with Gasteiger partial charge in [0.2, 0.25) is 5.91 Å². The van der Waals surface area contributed by atoms with E-state index in [1.807, 2.05) is 37.2 Å². The maximum absolute atomic E-state index is 12.2. The number of likely N-dealkylation sites (N-methyl/N-ethyl adjacent to an activating group) is 1. The number of nitrogens with zero attached hydrogens (tertiary/aromatic N) is 3. The number of anilines is 2. The molecule has 1 fully saturated rings. The van der Waals surface area contributed by atoms with Gasteiger partial charge >= 0.3 is 0 Å². The van der Waals surface area contributed by atoms with Crippen LogP contribution in [0.3, 0.4) is 0 Å². The Morgan fingerprint density at radius 3 is 2.26 bits per heavy atom. The summed E-state index contributed by atoms with van der Waals surface area (Å²) in [5, 5.41) is 3.21. The van der Waals surface area contributed by atoms with E-state index in [9.17, 15) is 14.4 Å². The lowest BCUT2D eigenvalue weighted by Gasteiger charge is -2.37. The predicted octanol–water partition coefficient (Wildman–Crippen LogP) is 0.666. The van der Waals surface area contributed by atoms with Crippen molar-refractivity contribution in [3.8, 4) is 0 Å². The van der Waals surface area contributed by atoms with E-state index >= 15 is 0 Å². The van der Waals surface area contributed by atoms with Crippen molar-refractivity contribution in [2.24, 2.45) is 0 Å². The topological polar surface area (TPSA) is 73.0 Å². The molecule has 1 atom stereocenters. The van der Waals surface area contributed by atoms with Gasteiger partial charge in [0.15, 0.2) is 0 Å². The molecule has 1 aliphatic heterocycles. The number of nitrogens with one attached hydrogen (secondary N) is 1. The van der Waals surface area contributed by atoms with Crippen molar-refractivity contribution in [1.82, 2.24) is 9.80 Å². The number of carbonyl (C=O) groups is 1. The molecule has 7 nitrogen and oxygen atoms in total. The van der Waals surface area contributed by atoms with Gasteiger partial charge in [0.1, 0.15) is 11.4 Å². The first-order valence-corrected chi connectivity index (χ1v) is 9.19. The molecule has 144 valence electrons. The van der Waals surface area contributed by atoms with Crippen molar-refractivity contribution in [1.29, 1.82) is 0 Å². The molecule has 1 saturated heterocycles. The molecule has 1 aliphatic rings. The summed E-state index contributed by atoms with van der Waals surface area (Å²) in [5.74, 6) is 0.0367. The number of benzene rings is 1. The fraction of sp³-hybridized carbons (Fsp3) is 0.450. The summed E-state index contributed by atoms with van der Waals surface area (Å²) >= 11 is 0. The quantitative estimate of drug-likeness (QED) is 0.754. The van der Waals surface area contributed by atoms with Crippen LogP contribution in [0.5, 0.6) is 0 Å². The Kier molecular flexibility index (Phi) is 5.60. The first-order valence-electron chi connectivity index (χ1n) is 9.19. The zero-order valence-electron chi connectivity index (χ0n) is 16.1. The van der Waals surface area contributed by atoms with Crippen molar-refractivity contribution < 1.29 is 4.79 Å². The van der Waals surface area contributed by atoms with E-state index in [0.29, 0.717) is 44.1 Å². The van der Waals surface area contributed by atoms with Crippen LogP contribution in [0.1, 0.15) is 18.5 Å². The van der Waals surface area contributed by atoms with Crippen molar-refractivity contribution in [3.63, 3.8) is 0 Å². The lowest BCUT2D eigenvalue weighted by molar-refractivity contribution is -0.129. The van der Waals surface area contributed by atoms with Crippen molar-refractivity contribution in [2.45, 2.75) is 13.0 Å². The average molecular weight is 370 g/mol. The minimum absolute atomic E-state index is 0.0367. The highest BCUT2D eigenvalue weighted by molar-refractivity contribution is 5.77. The number of hydrogen-bond donors (Lipinski definition) is 1. The molecule has 0 unspecified atom stereocenters. The third kappa shape index (κ3) is 3.88. The lowest BCUT2D eigenvalue weighted by Crippen LogP contribution is -2.52. The largest absolute Gasteiger partial charge is 0.378 e. The van der Waals surface area contributed by atoms with Crippen LogP contribution in [-0.4, -0.2) is 62.5 Å². The molecule has 0 aromatic heterocycles. The zero-order valence-corrected chi connectivity index (χ0v) is 16.1. The highest BCUT2D eigenvalue weighted by atomic mass is 16.2. The Morgan fingerprint density at radius 1 is 1.07 bits per heavy atom. The van der Waals surface area contributed by atoms with Gasteiger partial charge in [-0.1, -0.05) is 30.3 Å². The van der Waals surface area contributed by atoms with E-state index in [4.69, 9.17) is 0 Å². The van der Waals surface area contributed by atoms with Crippen LogP contribution in [0.15, 0.2) is 39.9 Å². The SMILES string of the molecule is CC(=O)N1CCN(c2c(NC[C@@H](c3ccccc3)N(C)C)c(=O)c2=O)CC1. The summed E-state index contributed by atoms with van der Waals surface area (Å²) in [6.07, 6.45) is 0. The van der Waals surface area contributed by atoms with E-state index in [0.717, 1.165) is 5.56 Å². The second kappa shape index (κ2) is 7.92. The van der Waals surface area contributed by atoms with E-state index in [-0.39, 0.29) is 11.9 Å². The second-order valence-corrected chi connectivity index (χ2v) is 7.15. The van der Waals surface area contributed by atoms with Gasteiger partial charge in [0.05, 0.1) is 6.04 Å². The summed E-state index contributed by atoms with van der Waals surface area (Å²) in [6, 6.07) is 10.1. The molecule has 1 heterocycles. The highest BCUT2D eigenvalue weighted by Crippen LogP contribution is 2.24. The smallest absolute Gasteiger partial charge is 0.253 e. The van der Waals surface area contributed by atoms with E-state index in [1.165, 1.54) is 0 Å². The number of rotatable bonds is 6. The lowest BCUT2D eigenvalue weighted by atomic mass is 10.1. The van der Waals surface area contributed by atoms with Crippen LogP contribution < -0.4 is 21.1 Å². The first kappa shape index (κ1) is 19.1. The molecule has 7 heteroatoms. The Labute approximate surface area is 158 Å². The van der Waals surface area contributed by atoms with Gasteiger partial charge < -0.3 is 20.0 Å². The summed E-state index contributed by atoms with van der Waals surface area (Å²) in [6.45, 7) is 4.34. The fourth-order valence-electron chi connectivity index (χ4n) is 3.56. The van der Waals surface area contributed by atoms with Crippen LogP contribution in [0.25, 0.3) is 0 Å². The van der Waals surface area contributed by atoms with Crippen LogP contribution >= 0.6 is 0 Å². The standard InChI is InChI=1S/C20H26N4O3/c1-14(25)23-9-11-24(12-10-23)18-17(19(26)20(18)27)21-13-16(22(2)3)15-7-5-4-6-8-15/h4-8,16,21H,9-13H2,1-3H3/t16-/m0/s1. The molecule has 3 rings (SSSR count). The van der Waals surface area contributed by atoms with Crippen LogP contribution in [0.2, 0.25) is 0 Å². The first-order chi connectivity index (χ1) is 12.9. The normalized spacial score (nSPS) is 16.0. The molecule has 0 aliphatic carbocycles. The summed E-state index contributed by atoms with van der Waals surface area (Å²) in [7, 11) is 3.98. The molecule has 1 amide bonds. The van der Waals surface area contributed by atoms with E-state index in [2.05, 4.69) is 22.3 Å². The van der Waals surface area contributed by atoms with E-state index in [1.54, 1.807) is 11.8 Å². The molecule has 0 spiro atoms. The maximum Gasteiger partial charge on any atom is 0.253 e. The molecular weight excluding hydrogens is 344 g/mol. The molecule has 27 heavy (non-hydrogen) atoms. The maximum atomic E-state index is 12.2. The number of piperazine rings is 1. The van der Waals surface area contributed by atoms with Gasteiger partial charge in [-0.3, -0.25) is 14.4 Å². The van der Waals surface area contributed by atoms with Crippen LogP contribution in [-0.2, 0) is 4.79 Å². The molecule has 0 radical (unpaired) electrons. The van der Waals surface area contributed by atoms with Gasteiger partial charge in [-0.2, -0.15) is 0 Å². The Balaban J connectivity index is 1.71. The Bertz CT molecular complexity index is 863. The minimum Gasteiger partial charge on any atom is -0.378 e. The predicted molar refractivity (Wildman–Crippen MR) is 107 cm³/mol. The number of amides is 1. The molecule has 0 saturated carbocycles. The van der Waals surface area contributed by atoms with Gasteiger partial charge in [0, 0.05) is 39.6 Å². The monoisotopic (exact) mass is 370 g/mol. The Morgan fingerprint density at radius 2 is 1.70 bits per heavy atom. The molecular formula is C20H26N4O3. The summed E-state index contributed by atoms with van der Waals surface area (Å²) in [4.78, 5) is 41.5. The number of carbonyl (C=O) groups excluding carboxylic acids is 1. The summed E-state index contributed by atoms with van der Waals surface area (Å²) in [5.41, 5.74) is 1.12. The van der Waals surface area contributed by atoms with Crippen LogP contribution in [0, 0.1) is 0 Å². The highest BCUT2D eigenvalue weighted by Gasteiger charge is 2.29. The van der Waals surface area contributed by atoms with E-state index < -0.39 is 10.9 Å². The minimum atomic E-state index is -0.454. The van der Waals surface area contributed by atoms with Crippen molar-refractivity contribution >= 4 is 17.3 Å². The molecule has 1 N–H and O–H groups in total. The van der Waals surface area contributed by atoms with Crippen LogP contribution in [0.4, 0.5) is 11.4 Å². The van der Waals surface area contributed by atoms with Gasteiger partial charge in [-0.15, -0.1) is 0 Å². The van der Waals surface area contributed by atoms with Gasteiger partial charge in [0.25, 0.3) is 10.9 Å². The summed E-state index contributed by atoms with van der Waals surface area (Å²) < 4.78 is 0. The second-order valence-electron chi connectivity index (χ2n) is 7.15. The van der Waals surface area contributed by atoms with Crippen molar-refractivity contribution in [3.05, 3.63) is 56.3 Å². The number of hydrogen-bond acceptors (Lipinski definition) is 6. The zero-order chi connectivity index (χ0) is 19.6. The molecule has 2 aromatic rings. The Hall–Kier alpha value is -2.67. The average Bonchev–Trinajstić information content (AvgIpc) is 2.67. The molecule has 0 bridgehead atoms. The van der Waals surface area contributed by atoms with Crippen molar-refractivity contribution in [2.75, 3.05) is 57.0 Å². The third-order valence-electron chi connectivity index (χ3n) is 5.21. The fourth-order valence-corrected chi connectivity index (χ4v) is 3.56. The third-order valence-corrected chi connectivity index (χ3v) is 5.21.